The summed E-state index contributed by atoms with van der Waals surface area (Å²) < 4.78 is 0. The zero-order valence-electron chi connectivity index (χ0n) is 18.1. The molecule has 0 aromatic carbocycles. The molecule has 1 amide bonds. The molecule has 1 rings (SSSR count). The van der Waals surface area contributed by atoms with Gasteiger partial charge in [-0.15, -0.1) is 0 Å². The van der Waals surface area contributed by atoms with Gasteiger partial charge in [0.05, 0.1) is 26.2 Å². The second-order valence-electron chi connectivity index (χ2n) is 7.59. The van der Waals surface area contributed by atoms with E-state index >= 15 is 0 Å². The Kier molecular flexibility index (Phi) is 13.1. The van der Waals surface area contributed by atoms with Gasteiger partial charge < -0.3 is 25.4 Å². The zero-order chi connectivity index (χ0) is 23.9. The predicted molar refractivity (Wildman–Crippen MR) is 112 cm³/mol. The SMILES string of the molecule is O=CCCNC(=O)CN1CCN(CC(=O)O)CCN(CC(=O)O)CCN(CC(=O)O)CC1. The molecule has 182 valence electrons. The molecule has 0 radical (unpaired) electrons. The van der Waals surface area contributed by atoms with E-state index in [0.29, 0.717) is 58.6 Å². The number of nitrogens with zero attached hydrogens (tertiary/aromatic N) is 4. The first-order chi connectivity index (χ1) is 15.2. The molecule has 0 aromatic heterocycles. The van der Waals surface area contributed by atoms with E-state index in [1.165, 1.54) is 0 Å². The summed E-state index contributed by atoms with van der Waals surface area (Å²) in [6.45, 7) is 2.28. The monoisotopic (exact) mass is 459 g/mol. The standard InChI is InChI=1S/C19H33N5O8/c25-11-1-2-20-16(26)12-21-3-5-22(13-17(27)28)7-9-24(15-19(31)32)10-8-23(6-4-21)14-18(29)30/h11H,1-10,12-15H2,(H,20,26)(H,27,28)(H,29,30)(H,31,32). The maximum atomic E-state index is 12.2. The van der Waals surface area contributed by atoms with Crippen LogP contribution in [0.2, 0.25) is 0 Å². The molecule has 0 bridgehead atoms. The van der Waals surface area contributed by atoms with E-state index in [2.05, 4.69) is 5.32 Å². The molecule has 1 fully saturated rings. The fourth-order valence-electron chi connectivity index (χ4n) is 3.31. The molecule has 1 heterocycles. The summed E-state index contributed by atoms with van der Waals surface area (Å²) in [6.07, 6.45) is 0.912. The van der Waals surface area contributed by atoms with E-state index in [-0.39, 0.29) is 45.1 Å². The van der Waals surface area contributed by atoms with Gasteiger partial charge in [-0.25, -0.2) is 0 Å². The number of carbonyl (C=O) groups is 5. The summed E-state index contributed by atoms with van der Waals surface area (Å²) in [4.78, 5) is 63.1. The molecule has 4 N–H and O–H groups in total. The molecule has 32 heavy (non-hydrogen) atoms. The van der Waals surface area contributed by atoms with Gasteiger partial charge in [0.2, 0.25) is 5.91 Å². The van der Waals surface area contributed by atoms with Gasteiger partial charge in [0, 0.05) is 65.3 Å². The third-order valence-corrected chi connectivity index (χ3v) is 4.96. The molecule has 0 aromatic rings. The number of nitrogens with one attached hydrogen (secondary N) is 1. The van der Waals surface area contributed by atoms with E-state index in [1.54, 1.807) is 14.7 Å². The van der Waals surface area contributed by atoms with Crippen molar-refractivity contribution in [2.45, 2.75) is 6.42 Å². The maximum absolute atomic E-state index is 12.2. The van der Waals surface area contributed by atoms with Crippen LogP contribution in [0, 0.1) is 0 Å². The van der Waals surface area contributed by atoms with Crippen molar-refractivity contribution in [3.63, 3.8) is 0 Å². The van der Waals surface area contributed by atoms with Crippen LogP contribution in [0.5, 0.6) is 0 Å². The van der Waals surface area contributed by atoms with Crippen LogP contribution in [0.4, 0.5) is 0 Å². The lowest BCUT2D eigenvalue weighted by Crippen LogP contribution is -2.49. The number of rotatable bonds is 11. The Balaban J connectivity index is 2.90. The minimum Gasteiger partial charge on any atom is -0.480 e. The number of hydrogen-bond acceptors (Lipinski definition) is 9. The first-order valence-electron chi connectivity index (χ1n) is 10.4. The van der Waals surface area contributed by atoms with Crippen LogP contribution in [-0.2, 0) is 24.0 Å². The van der Waals surface area contributed by atoms with Crippen molar-refractivity contribution in [2.75, 3.05) is 85.1 Å². The Morgan fingerprint density at radius 3 is 1.22 bits per heavy atom. The lowest BCUT2D eigenvalue weighted by atomic mass is 10.3. The van der Waals surface area contributed by atoms with Crippen LogP contribution in [0.25, 0.3) is 0 Å². The fraction of sp³-hybridized carbons (Fsp3) is 0.737. The Labute approximate surface area is 186 Å². The van der Waals surface area contributed by atoms with Crippen LogP contribution in [-0.4, -0.2) is 150 Å². The topological polar surface area (TPSA) is 171 Å². The Hall–Kier alpha value is -2.61. The Morgan fingerprint density at radius 2 is 0.938 bits per heavy atom. The number of carboxylic acids is 3. The van der Waals surface area contributed by atoms with Gasteiger partial charge in [0.25, 0.3) is 0 Å². The van der Waals surface area contributed by atoms with Gasteiger partial charge in [-0.3, -0.25) is 38.8 Å². The van der Waals surface area contributed by atoms with E-state index in [4.69, 9.17) is 5.11 Å². The second kappa shape index (κ2) is 15.2. The maximum Gasteiger partial charge on any atom is 0.317 e. The average Bonchev–Trinajstić information content (AvgIpc) is 2.69. The van der Waals surface area contributed by atoms with E-state index in [1.807, 2.05) is 4.90 Å². The molecule has 0 atom stereocenters. The van der Waals surface area contributed by atoms with Crippen molar-refractivity contribution in [1.29, 1.82) is 0 Å². The lowest BCUT2D eigenvalue weighted by molar-refractivity contribution is -0.140. The summed E-state index contributed by atoms with van der Waals surface area (Å²) in [5, 5.41) is 30.2. The number of hydrogen-bond donors (Lipinski definition) is 4. The molecule has 1 aliphatic rings. The van der Waals surface area contributed by atoms with Gasteiger partial charge >= 0.3 is 17.9 Å². The van der Waals surface area contributed by atoms with Crippen molar-refractivity contribution < 1.29 is 39.3 Å². The summed E-state index contributed by atoms with van der Waals surface area (Å²) >= 11 is 0. The van der Waals surface area contributed by atoms with E-state index in [9.17, 15) is 34.2 Å². The van der Waals surface area contributed by atoms with Crippen molar-refractivity contribution in [3.05, 3.63) is 0 Å². The molecule has 13 nitrogen and oxygen atoms in total. The summed E-state index contributed by atoms with van der Waals surface area (Å²) in [7, 11) is 0. The molecule has 1 aliphatic heterocycles. The Bertz CT molecular complexity index is 615. The van der Waals surface area contributed by atoms with Crippen LogP contribution < -0.4 is 5.32 Å². The highest BCUT2D eigenvalue weighted by Crippen LogP contribution is 2.01. The summed E-state index contributed by atoms with van der Waals surface area (Å²) in [5.41, 5.74) is 0. The molecule has 0 unspecified atom stereocenters. The minimum absolute atomic E-state index is 0.0336. The molecular formula is C19H33N5O8. The third kappa shape index (κ3) is 12.9. The fourth-order valence-corrected chi connectivity index (χ4v) is 3.31. The normalized spacial score (nSPS) is 18.2. The Morgan fingerprint density at radius 1 is 0.625 bits per heavy atom. The molecule has 1 saturated heterocycles. The number of aliphatic carboxylic acids is 3. The van der Waals surface area contributed by atoms with Crippen LogP contribution >= 0.6 is 0 Å². The minimum atomic E-state index is -1.02. The van der Waals surface area contributed by atoms with Crippen LogP contribution in [0.1, 0.15) is 6.42 Å². The predicted octanol–water partition coefficient (Wildman–Crippen LogP) is -2.83. The highest BCUT2D eigenvalue weighted by Gasteiger charge is 2.20. The zero-order valence-corrected chi connectivity index (χ0v) is 18.1. The van der Waals surface area contributed by atoms with Crippen molar-refractivity contribution in [1.82, 2.24) is 24.9 Å². The number of carboxylic acid groups (broad SMARTS) is 3. The number of amides is 1. The lowest BCUT2D eigenvalue weighted by Gasteiger charge is -2.32. The second-order valence-corrected chi connectivity index (χ2v) is 7.59. The van der Waals surface area contributed by atoms with Crippen LogP contribution in [0.15, 0.2) is 0 Å². The van der Waals surface area contributed by atoms with Gasteiger partial charge in [0.1, 0.15) is 6.29 Å². The molecule has 13 heteroatoms. The highest BCUT2D eigenvalue weighted by molar-refractivity contribution is 5.78. The number of aldehydes is 1. The van der Waals surface area contributed by atoms with Crippen molar-refractivity contribution in [3.8, 4) is 0 Å². The highest BCUT2D eigenvalue weighted by atomic mass is 16.4. The molecule has 0 spiro atoms. The van der Waals surface area contributed by atoms with Gasteiger partial charge in [-0.1, -0.05) is 0 Å². The third-order valence-electron chi connectivity index (χ3n) is 4.96. The van der Waals surface area contributed by atoms with Crippen molar-refractivity contribution >= 4 is 30.1 Å². The van der Waals surface area contributed by atoms with E-state index in [0.717, 1.165) is 0 Å². The van der Waals surface area contributed by atoms with E-state index < -0.39 is 17.9 Å². The summed E-state index contributed by atoms with van der Waals surface area (Å²) in [5.74, 6) is -3.31. The quantitative estimate of drug-likeness (QED) is 0.185. The number of carbonyl (C=O) groups excluding carboxylic acids is 2. The molecule has 0 aliphatic carbocycles. The van der Waals surface area contributed by atoms with Gasteiger partial charge in [-0.2, -0.15) is 0 Å². The first-order valence-corrected chi connectivity index (χ1v) is 10.4. The van der Waals surface area contributed by atoms with Gasteiger partial charge in [-0.05, 0) is 0 Å². The van der Waals surface area contributed by atoms with Crippen LogP contribution in [0.3, 0.4) is 0 Å². The van der Waals surface area contributed by atoms with Gasteiger partial charge in [0.15, 0.2) is 0 Å². The summed E-state index contributed by atoms with van der Waals surface area (Å²) in [6, 6.07) is 0. The smallest absolute Gasteiger partial charge is 0.317 e. The molecule has 0 saturated carbocycles. The average molecular weight is 460 g/mol. The first kappa shape index (κ1) is 27.4. The van der Waals surface area contributed by atoms with Crippen molar-refractivity contribution in [2.24, 2.45) is 0 Å². The largest absolute Gasteiger partial charge is 0.480 e. The molecular weight excluding hydrogens is 426 g/mol.